The summed E-state index contributed by atoms with van der Waals surface area (Å²) in [5.74, 6) is -1.06. The van der Waals surface area contributed by atoms with Crippen molar-refractivity contribution in [3.63, 3.8) is 0 Å². The molecule has 1 aromatic rings. The van der Waals surface area contributed by atoms with Gasteiger partial charge in [-0.15, -0.1) is 0 Å². The Morgan fingerprint density at radius 2 is 1.89 bits per heavy atom. The van der Waals surface area contributed by atoms with E-state index in [9.17, 15) is 14.0 Å². The lowest BCUT2D eigenvalue weighted by Gasteiger charge is -2.43. The Morgan fingerprint density at radius 1 is 1.22 bits per heavy atom. The van der Waals surface area contributed by atoms with E-state index in [1.807, 2.05) is 22.8 Å². The van der Waals surface area contributed by atoms with Gasteiger partial charge in [0.1, 0.15) is 5.82 Å². The third-order valence-electron chi connectivity index (χ3n) is 5.46. The van der Waals surface area contributed by atoms with Crippen molar-refractivity contribution in [1.82, 2.24) is 15.1 Å². The van der Waals surface area contributed by atoms with Crippen molar-refractivity contribution in [3.05, 3.63) is 30.1 Å². The van der Waals surface area contributed by atoms with E-state index in [1.54, 1.807) is 17.0 Å². The Kier molecular flexibility index (Phi) is 6.15. The normalized spacial score (nSPS) is 22.5. The molecule has 0 spiro atoms. The third-order valence-corrected chi connectivity index (χ3v) is 5.46. The summed E-state index contributed by atoms with van der Waals surface area (Å²) >= 11 is 0. The van der Waals surface area contributed by atoms with Crippen molar-refractivity contribution in [2.75, 3.05) is 44.2 Å². The second kappa shape index (κ2) is 8.56. The van der Waals surface area contributed by atoms with Gasteiger partial charge in [0.05, 0.1) is 12.2 Å². The van der Waals surface area contributed by atoms with Crippen LogP contribution in [0.5, 0.6) is 0 Å². The van der Waals surface area contributed by atoms with E-state index < -0.39 is 5.97 Å². The summed E-state index contributed by atoms with van der Waals surface area (Å²) in [4.78, 5) is 29.0. The van der Waals surface area contributed by atoms with Crippen LogP contribution in [-0.2, 0) is 4.79 Å². The Hall–Kier alpha value is -2.35. The van der Waals surface area contributed by atoms with Crippen LogP contribution in [0.1, 0.15) is 19.8 Å². The molecule has 7 nitrogen and oxygen atoms in total. The molecule has 8 heteroatoms. The predicted octanol–water partition coefficient (Wildman–Crippen LogP) is 1.59. The number of carboxylic acid groups (broad SMARTS) is 1. The first-order valence-corrected chi connectivity index (χ1v) is 9.48. The van der Waals surface area contributed by atoms with Crippen LogP contribution in [0.25, 0.3) is 0 Å². The quantitative estimate of drug-likeness (QED) is 0.786. The number of hydrogen-bond donors (Lipinski definition) is 2. The first kappa shape index (κ1) is 19.4. The number of carbonyl (C=O) groups excluding carboxylic acids is 1. The Balaban J connectivity index is 1.42. The van der Waals surface area contributed by atoms with Gasteiger partial charge in [0.25, 0.3) is 0 Å². The van der Waals surface area contributed by atoms with Gasteiger partial charge in [-0.05, 0) is 31.5 Å². The van der Waals surface area contributed by atoms with Gasteiger partial charge in [0, 0.05) is 38.3 Å². The summed E-state index contributed by atoms with van der Waals surface area (Å²) < 4.78 is 13.9. The number of carboxylic acids is 1. The number of piperazine rings is 1. The number of anilines is 1. The van der Waals surface area contributed by atoms with Crippen molar-refractivity contribution in [3.8, 4) is 0 Å². The smallest absolute Gasteiger partial charge is 0.317 e. The van der Waals surface area contributed by atoms with Crippen molar-refractivity contribution in [2.24, 2.45) is 0 Å². The molecule has 1 aromatic carbocycles. The molecule has 0 unspecified atom stereocenters. The number of rotatable bonds is 6. The number of nitrogens with zero attached hydrogens (tertiary/aromatic N) is 3. The van der Waals surface area contributed by atoms with Crippen LogP contribution < -0.4 is 10.2 Å². The lowest BCUT2D eigenvalue weighted by Crippen LogP contribution is -2.59. The summed E-state index contributed by atoms with van der Waals surface area (Å²) in [6.45, 7) is 4.99. The molecular weight excluding hydrogens is 351 g/mol. The molecule has 1 aliphatic heterocycles. The molecule has 1 saturated carbocycles. The van der Waals surface area contributed by atoms with Crippen molar-refractivity contribution >= 4 is 17.7 Å². The number of para-hydroxylation sites is 1. The fraction of sp³-hybridized carbons (Fsp3) is 0.579. The number of halogens is 1. The third kappa shape index (κ3) is 4.68. The van der Waals surface area contributed by atoms with Gasteiger partial charge in [-0.2, -0.15) is 0 Å². The second-order valence-corrected chi connectivity index (χ2v) is 7.15. The van der Waals surface area contributed by atoms with E-state index in [1.165, 1.54) is 6.07 Å². The molecule has 0 atom stereocenters. The topological polar surface area (TPSA) is 76.1 Å². The molecule has 1 heterocycles. The van der Waals surface area contributed by atoms with Gasteiger partial charge < -0.3 is 20.2 Å². The zero-order valence-corrected chi connectivity index (χ0v) is 15.6. The maximum absolute atomic E-state index is 13.9. The molecule has 2 fully saturated rings. The zero-order valence-electron chi connectivity index (χ0n) is 15.6. The monoisotopic (exact) mass is 378 g/mol. The second-order valence-electron chi connectivity index (χ2n) is 7.15. The van der Waals surface area contributed by atoms with Gasteiger partial charge in [-0.25, -0.2) is 9.18 Å². The lowest BCUT2D eigenvalue weighted by atomic mass is 9.85. The number of nitrogens with one attached hydrogen (secondary N) is 1. The highest BCUT2D eigenvalue weighted by Gasteiger charge is 2.35. The van der Waals surface area contributed by atoms with Crippen molar-refractivity contribution in [1.29, 1.82) is 0 Å². The van der Waals surface area contributed by atoms with Gasteiger partial charge in [-0.3, -0.25) is 9.69 Å². The maximum Gasteiger partial charge on any atom is 0.317 e. The molecule has 27 heavy (non-hydrogen) atoms. The van der Waals surface area contributed by atoms with Gasteiger partial charge >= 0.3 is 12.0 Å². The van der Waals surface area contributed by atoms with Crippen LogP contribution in [0.3, 0.4) is 0 Å². The highest BCUT2D eigenvalue weighted by molar-refractivity contribution is 5.75. The van der Waals surface area contributed by atoms with Crippen LogP contribution >= 0.6 is 0 Å². The summed E-state index contributed by atoms with van der Waals surface area (Å²) in [7, 11) is 0. The van der Waals surface area contributed by atoms with Gasteiger partial charge in [0.2, 0.25) is 0 Å². The molecular formula is C19H27FN4O3. The number of aliphatic carboxylic acids is 1. The average Bonchev–Trinajstić information content (AvgIpc) is 2.63. The molecule has 2 N–H and O–H groups in total. The minimum atomic E-state index is -0.822. The van der Waals surface area contributed by atoms with Crippen LogP contribution in [0.4, 0.5) is 14.9 Å². The number of amides is 2. The highest BCUT2D eigenvalue weighted by atomic mass is 19.1. The van der Waals surface area contributed by atoms with E-state index >= 15 is 0 Å². The Bertz CT molecular complexity index is 673. The molecule has 3 rings (SSSR count). The van der Waals surface area contributed by atoms with Crippen molar-refractivity contribution < 1.29 is 19.1 Å². The molecule has 1 aliphatic carbocycles. The summed E-state index contributed by atoms with van der Waals surface area (Å²) in [6.07, 6.45) is 1.56. The molecule has 1 saturated heterocycles. The van der Waals surface area contributed by atoms with E-state index in [2.05, 4.69) is 5.32 Å². The minimum absolute atomic E-state index is 0.0415. The summed E-state index contributed by atoms with van der Waals surface area (Å²) in [5.41, 5.74) is 0.581. The maximum atomic E-state index is 13.9. The predicted molar refractivity (Wildman–Crippen MR) is 100 cm³/mol. The van der Waals surface area contributed by atoms with Crippen molar-refractivity contribution in [2.45, 2.75) is 31.8 Å². The number of likely N-dealkylation sites (N-methyl/N-ethyl adjacent to an activating group) is 1. The zero-order chi connectivity index (χ0) is 19.4. The molecule has 2 aliphatic rings. The first-order valence-electron chi connectivity index (χ1n) is 9.48. The van der Waals surface area contributed by atoms with E-state index in [-0.39, 0.29) is 30.5 Å². The number of hydrogen-bond acceptors (Lipinski definition) is 4. The fourth-order valence-corrected chi connectivity index (χ4v) is 3.80. The van der Waals surface area contributed by atoms with Crippen LogP contribution in [0.2, 0.25) is 0 Å². The Labute approximate surface area is 158 Å². The number of urea groups is 1. The van der Waals surface area contributed by atoms with Gasteiger partial charge in [-0.1, -0.05) is 19.1 Å². The first-order chi connectivity index (χ1) is 13.0. The van der Waals surface area contributed by atoms with E-state index in [4.69, 9.17) is 5.11 Å². The largest absolute Gasteiger partial charge is 0.480 e. The summed E-state index contributed by atoms with van der Waals surface area (Å²) in [5, 5.41) is 12.0. The molecule has 0 radical (unpaired) electrons. The number of benzene rings is 1. The van der Waals surface area contributed by atoms with E-state index in [0.29, 0.717) is 38.4 Å². The van der Waals surface area contributed by atoms with Crippen LogP contribution in [-0.4, -0.2) is 78.3 Å². The van der Waals surface area contributed by atoms with E-state index in [0.717, 1.165) is 12.8 Å². The highest BCUT2D eigenvalue weighted by Crippen LogP contribution is 2.26. The SMILES string of the molecule is CCN(CC(=O)O)C1CC(NC(=O)N2CCN(c3ccccc3F)CC2)C1. The van der Waals surface area contributed by atoms with Gasteiger partial charge in [0.15, 0.2) is 0 Å². The minimum Gasteiger partial charge on any atom is -0.480 e. The lowest BCUT2D eigenvalue weighted by molar-refractivity contribution is -0.139. The summed E-state index contributed by atoms with van der Waals surface area (Å²) in [6, 6.07) is 6.91. The fourth-order valence-electron chi connectivity index (χ4n) is 3.80. The molecule has 0 aromatic heterocycles. The Morgan fingerprint density at radius 3 is 2.48 bits per heavy atom. The molecule has 148 valence electrons. The number of carbonyl (C=O) groups is 2. The molecule has 0 bridgehead atoms. The average molecular weight is 378 g/mol. The standard InChI is InChI=1S/C19H27FN4O3/c1-2-22(13-18(25)26)15-11-14(12-15)21-19(27)24-9-7-23(8-10-24)17-6-4-3-5-16(17)20/h3-6,14-15H,2,7-13H2,1H3,(H,21,27)(H,25,26). The molecule has 2 amide bonds. The van der Waals surface area contributed by atoms with Crippen LogP contribution in [0, 0.1) is 5.82 Å². The van der Waals surface area contributed by atoms with Crippen LogP contribution in [0.15, 0.2) is 24.3 Å².